The Morgan fingerprint density at radius 3 is 2.59 bits per heavy atom. The van der Waals surface area contributed by atoms with Gasteiger partial charge in [-0.05, 0) is 47.7 Å². The number of hydrogen-bond acceptors (Lipinski definition) is 8. The molecule has 0 saturated carbocycles. The van der Waals surface area contributed by atoms with Crippen molar-refractivity contribution in [1.29, 1.82) is 0 Å². The van der Waals surface area contributed by atoms with Crippen LogP contribution >= 0.6 is 22.7 Å². The first-order chi connectivity index (χ1) is 18.0. The van der Waals surface area contributed by atoms with E-state index in [4.69, 9.17) is 14.2 Å². The van der Waals surface area contributed by atoms with Crippen molar-refractivity contribution < 1.29 is 19.0 Å². The van der Waals surface area contributed by atoms with Gasteiger partial charge in [-0.15, -0.1) is 11.3 Å². The molecule has 188 valence electrons. The van der Waals surface area contributed by atoms with Crippen LogP contribution in [0.15, 0.2) is 87.1 Å². The lowest BCUT2D eigenvalue weighted by atomic mass is 10.0. The smallest absolute Gasteiger partial charge is 0.338 e. The lowest BCUT2D eigenvalue weighted by Gasteiger charge is -2.22. The Labute approximate surface area is 221 Å². The number of thiophene rings is 1. The number of nitrogens with zero attached hydrogens (tertiary/aromatic N) is 2. The number of allylic oxidation sites excluding steroid dienone is 1. The van der Waals surface area contributed by atoms with Gasteiger partial charge >= 0.3 is 5.97 Å². The second-order valence-corrected chi connectivity index (χ2v) is 10.3. The van der Waals surface area contributed by atoms with Gasteiger partial charge in [-0.25, -0.2) is 9.79 Å². The van der Waals surface area contributed by atoms with Crippen molar-refractivity contribution in [1.82, 2.24) is 4.57 Å². The molecule has 0 spiro atoms. The van der Waals surface area contributed by atoms with Crippen molar-refractivity contribution in [3.05, 3.63) is 113 Å². The molecule has 1 unspecified atom stereocenters. The molecule has 0 radical (unpaired) electrons. The van der Waals surface area contributed by atoms with E-state index in [0.717, 1.165) is 16.0 Å². The van der Waals surface area contributed by atoms with E-state index in [1.807, 2.05) is 66.0 Å². The van der Waals surface area contributed by atoms with E-state index in [0.29, 0.717) is 38.7 Å². The molecular weight excluding hydrogens is 508 g/mol. The van der Waals surface area contributed by atoms with Crippen LogP contribution in [0.1, 0.15) is 29.0 Å². The third-order valence-electron chi connectivity index (χ3n) is 5.96. The van der Waals surface area contributed by atoms with Gasteiger partial charge in [0.15, 0.2) is 16.3 Å². The van der Waals surface area contributed by atoms with Crippen molar-refractivity contribution in [2.24, 2.45) is 4.99 Å². The molecule has 9 heteroatoms. The fourth-order valence-electron chi connectivity index (χ4n) is 4.19. The minimum absolute atomic E-state index is 0.223. The SMILES string of the molecule is COC(=O)C1=C(C)N=c2sc(=Cc3ccc(OCc4ccccc4)c(OC)c3)c(=O)n2C1c1cccs1. The summed E-state index contributed by atoms with van der Waals surface area (Å²) in [6, 6.07) is 18.6. The summed E-state index contributed by atoms with van der Waals surface area (Å²) in [7, 11) is 2.92. The molecule has 7 nitrogen and oxygen atoms in total. The van der Waals surface area contributed by atoms with E-state index in [-0.39, 0.29) is 5.56 Å². The van der Waals surface area contributed by atoms with Gasteiger partial charge in [-0.2, -0.15) is 0 Å². The minimum atomic E-state index is -0.589. The molecule has 4 aromatic rings. The van der Waals surface area contributed by atoms with Gasteiger partial charge in [-0.1, -0.05) is 53.8 Å². The van der Waals surface area contributed by atoms with Crippen LogP contribution in [0.3, 0.4) is 0 Å². The van der Waals surface area contributed by atoms with Crippen molar-refractivity contribution in [2.45, 2.75) is 19.6 Å². The van der Waals surface area contributed by atoms with Gasteiger partial charge in [-0.3, -0.25) is 9.36 Å². The van der Waals surface area contributed by atoms with Crippen LogP contribution in [-0.2, 0) is 16.1 Å². The molecule has 1 aliphatic rings. The third-order valence-corrected chi connectivity index (χ3v) is 7.87. The molecule has 1 aliphatic heterocycles. The summed E-state index contributed by atoms with van der Waals surface area (Å²) < 4.78 is 18.6. The Hall–Kier alpha value is -3.95. The molecule has 5 rings (SSSR count). The number of ether oxygens (including phenoxy) is 3. The maximum absolute atomic E-state index is 13.6. The molecule has 0 fully saturated rings. The Balaban J connectivity index is 1.53. The molecule has 2 aromatic heterocycles. The molecule has 0 N–H and O–H groups in total. The summed E-state index contributed by atoms with van der Waals surface area (Å²) in [5, 5.41) is 1.92. The highest BCUT2D eigenvalue weighted by Crippen LogP contribution is 2.33. The predicted octanol–water partition coefficient (Wildman–Crippen LogP) is 4.06. The van der Waals surface area contributed by atoms with E-state index in [9.17, 15) is 9.59 Å². The first kappa shape index (κ1) is 24.7. The lowest BCUT2D eigenvalue weighted by molar-refractivity contribution is -0.136. The van der Waals surface area contributed by atoms with Gasteiger partial charge in [0.2, 0.25) is 0 Å². The molecule has 0 aliphatic carbocycles. The van der Waals surface area contributed by atoms with Gasteiger partial charge in [0.1, 0.15) is 12.6 Å². The van der Waals surface area contributed by atoms with Crippen molar-refractivity contribution in [3.63, 3.8) is 0 Å². The number of methoxy groups -OCH3 is 2. The zero-order chi connectivity index (χ0) is 25.9. The zero-order valence-electron chi connectivity index (χ0n) is 20.5. The van der Waals surface area contributed by atoms with Crippen LogP contribution in [-0.4, -0.2) is 24.8 Å². The second kappa shape index (κ2) is 10.6. The summed E-state index contributed by atoms with van der Waals surface area (Å²) in [4.78, 5) is 32.3. The Morgan fingerprint density at radius 2 is 1.89 bits per heavy atom. The van der Waals surface area contributed by atoms with Crippen molar-refractivity contribution in [3.8, 4) is 11.5 Å². The van der Waals surface area contributed by atoms with Crippen LogP contribution in [0.5, 0.6) is 11.5 Å². The molecule has 0 saturated heterocycles. The number of aromatic nitrogens is 1. The van der Waals surface area contributed by atoms with Gasteiger partial charge < -0.3 is 14.2 Å². The summed E-state index contributed by atoms with van der Waals surface area (Å²) >= 11 is 2.76. The van der Waals surface area contributed by atoms with E-state index in [1.165, 1.54) is 29.8 Å². The maximum atomic E-state index is 13.6. The predicted molar refractivity (Wildman–Crippen MR) is 144 cm³/mol. The number of rotatable bonds is 7. The first-order valence-corrected chi connectivity index (χ1v) is 13.2. The third kappa shape index (κ3) is 4.87. The molecule has 0 bridgehead atoms. The quantitative estimate of drug-likeness (QED) is 0.336. The lowest BCUT2D eigenvalue weighted by Crippen LogP contribution is -2.39. The average molecular weight is 533 g/mol. The monoisotopic (exact) mass is 532 g/mol. The fourth-order valence-corrected chi connectivity index (χ4v) is 6.06. The van der Waals surface area contributed by atoms with Crippen LogP contribution in [0.4, 0.5) is 0 Å². The van der Waals surface area contributed by atoms with Crippen molar-refractivity contribution >= 4 is 34.7 Å². The van der Waals surface area contributed by atoms with Gasteiger partial charge in [0.25, 0.3) is 5.56 Å². The van der Waals surface area contributed by atoms with Crippen molar-refractivity contribution in [2.75, 3.05) is 14.2 Å². The van der Waals surface area contributed by atoms with E-state index in [2.05, 4.69) is 4.99 Å². The number of hydrogen-bond donors (Lipinski definition) is 0. The minimum Gasteiger partial charge on any atom is -0.493 e. The normalized spacial score (nSPS) is 15.2. The van der Waals surface area contributed by atoms with Crippen LogP contribution in [0.25, 0.3) is 6.08 Å². The molecule has 1 atom stereocenters. The van der Waals surface area contributed by atoms with E-state index >= 15 is 0 Å². The maximum Gasteiger partial charge on any atom is 0.338 e. The number of carbonyl (C=O) groups is 1. The summed E-state index contributed by atoms with van der Waals surface area (Å²) in [5.74, 6) is 0.684. The van der Waals surface area contributed by atoms with Crippen LogP contribution < -0.4 is 24.4 Å². The Bertz CT molecular complexity index is 1650. The topological polar surface area (TPSA) is 79.1 Å². The van der Waals surface area contributed by atoms with Crippen LogP contribution in [0.2, 0.25) is 0 Å². The highest BCUT2D eigenvalue weighted by molar-refractivity contribution is 7.10. The molecular formula is C28H24N2O5S2. The van der Waals surface area contributed by atoms with Crippen LogP contribution in [0, 0.1) is 0 Å². The number of thiazole rings is 1. The number of benzene rings is 2. The Kier molecular flexibility index (Phi) is 7.07. The Morgan fingerprint density at radius 1 is 1.08 bits per heavy atom. The summed E-state index contributed by atoms with van der Waals surface area (Å²) in [6.07, 6.45) is 1.80. The second-order valence-electron chi connectivity index (χ2n) is 8.27. The van der Waals surface area contributed by atoms with E-state index < -0.39 is 12.0 Å². The van der Waals surface area contributed by atoms with Gasteiger partial charge in [0, 0.05) is 4.88 Å². The summed E-state index contributed by atoms with van der Waals surface area (Å²) in [6.45, 7) is 2.18. The highest BCUT2D eigenvalue weighted by atomic mass is 32.1. The number of carbonyl (C=O) groups excluding carboxylic acids is 1. The number of esters is 1. The molecule has 0 amide bonds. The summed E-state index contributed by atoms with van der Waals surface area (Å²) in [5.41, 5.74) is 2.52. The largest absolute Gasteiger partial charge is 0.493 e. The number of fused-ring (bicyclic) bond motifs is 1. The average Bonchev–Trinajstić information content (AvgIpc) is 3.55. The van der Waals surface area contributed by atoms with Gasteiger partial charge in [0.05, 0.1) is 30.0 Å². The highest BCUT2D eigenvalue weighted by Gasteiger charge is 2.33. The standard InChI is InChI=1S/C28H24N2O5S2/c1-17-24(27(32)34-3)25(22-10-7-13-36-22)30-26(31)23(37-28(30)29-17)15-19-11-12-20(21(14-19)33-2)35-16-18-8-5-4-6-9-18/h4-15,25H,16H2,1-3H3. The molecule has 2 aromatic carbocycles. The molecule has 3 heterocycles. The van der Waals surface area contributed by atoms with E-state index in [1.54, 1.807) is 24.7 Å². The fraction of sp³-hybridized carbons (Fsp3) is 0.179. The first-order valence-electron chi connectivity index (χ1n) is 11.5. The molecule has 37 heavy (non-hydrogen) atoms. The zero-order valence-corrected chi connectivity index (χ0v) is 22.1.